The number of carbonyl (C=O) groups is 2. The van der Waals surface area contributed by atoms with Gasteiger partial charge in [-0.05, 0) is 38.1 Å². The van der Waals surface area contributed by atoms with Crippen molar-refractivity contribution in [3.63, 3.8) is 0 Å². The smallest absolute Gasteiger partial charge is 0.318 e. The number of para-hydroxylation sites is 1. The molecule has 0 saturated heterocycles. The van der Waals surface area contributed by atoms with Crippen LogP contribution in [0.3, 0.4) is 0 Å². The Kier molecular flexibility index (Phi) is 4.28. The quantitative estimate of drug-likeness (QED) is 0.810. The van der Waals surface area contributed by atoms with Gasteiger partial charge in [0.25, 0.3) is 10.0 Å². The van der Waals surface area contributed by atoms with E-state index in [9.17, 15) is 18.0 Å². The zero-order valence-electron chi connectivity index (χ0n) is 12.6. The average molecular weight is 336 g/mol. The predicted molar refractivity (Wildman–Crippen MR) is 83.5 cm³/mol. The highest BCUT2D eigenvalue weighted by Gasteiger charge is 2.36. The molecule has 0 aliphatic rings. The van der Waals surface area contributed by atoms with Gasteiger partial charge in [-0.25, -0.2) is 12.4 Å². The van der Waals surface area contributed by atoms with Crippen molar-refractivity contribution in [2.75, 3.05) is 5.32 Å². The number of hydrogen-bond acceptors (Lipinski definition) is 4. The van der Waals surface area contributed by atoms with Gasteiger partial charge in [-0.1, -0.05) is 12.1 Å². The second kappa shape index (κ2) is 5.88. The van der Waals surface area contributed by atoms with Crippen molar-refractivity contribution in [3.05, 3.63) is 48.8 Å². The van der Waals surface area contributed by atoms with E-state index in [1.165, 1.54) is 44.4 Å². The molecule has 0 fully saturated rings. The summed E-state index contributed by atoms with van der Waals surface area (Å²) in [7, 11) is -3.88. The zero-order chi connectivity index (χ0) is 17.3. The maximum Gasteiger partial charge on any atom is 0.318 e. The monoisotopic (exact) mass is 336 g/mol. The van der Waals surface area contributed by atoms with Gasteiger partial charge < -0.3 is 10.4 Å². The second-order valence-corrected chi connectivity index (χ2v) is 7.21. The third kappa shape index (κ3) is 3.11. The molecule has 0 aliphatic carbocycles. The molecule has 1 amide bonds. The number of rotatable bonds is 5. The largest absolute Gasteiger partial charge is 0.480 e. The number of nitrogens with zero attached hydrogens (tertiary/aromatic N) is 1. The van der Waals surface area contributed by atoms with Crippen LogP contribution in [0.5, 0.6) is 0 Å². The van der Waals surface area contributed by atoms with Crippen molar-refractivity contribution in [3.8, 4) is 0 Å². The van der Waals surface area contributed by atoms with Crippen LogP contribution in [-0.4, -0.2) is 29.4 Å². The number of carboxylic acids is 1. The van der Waals surface area contributed by atoms with Gasteiger partial charge in [0.1, 0.15) is 10.3 Å². The number of hydrogen-bond donors (Lipinski definition) is 2. The lowest BCUT2D eigenvalue weighted by Gasteiger charge is -2.19. The molecule has 8 heteroatoms. The van der Waals surface area contributed by atoms with Gasteiger partial charge in [0, 0.05) is 12.4 Å². The summed E-state index contributed by atoms with van der Waals surface area (Å²) in [6.07, 6.45) is 2.74. The molecule has 7 nitrogen and oxygen atoms in total. The molecule has 2 N–H and O–H groups in total. The first-order valence-corrected chi connectivity index (χ1v) is 8.14. The molecule has 0 saturated carbocycles. The summed E-state index contributed by atoms with van der Waals surface area (Å²) in [6.45, 7) is 2.49. The minimum absolute atomic E-state index is 0.0283. The zero-order valence-corrected chi connectivity index (χ0v) is 13.4. The Balaban J connectivity index is 2.44. The van der Waals surface area contributed by atoms with Crippen LogP contribution in [-0.2, 0) is 19.6 Å². The molecule has 0 aliphatic heterocycles. The summed E-state index contributed by atoms with van der Waals surface area (Å²) in [6, 6.07) is 8.95. The summed E-state index contributed by atoms with van der Waals surface area (Å²) in [4.78, 5) is 23.2. The minimum atomic E-state index is -3.88. The molecular formula is C15H16N2O5S. The van der Waals surface area contributed by atoms with Gasteiger partial charge >= 0.3 is 5.97 Å². The number of aliphatic carboxylic acids is 1. The van der Waals surface area contributed by atoms with E-state index >= 15 is 0 Å². The molecular weight excluding hydrogens is 320 g/mol. The van der Waals surface area contributed by atoms with E-state index in [1.54, 1.807) is 18.2 Å². The molecule has 0 atom stereocenters. The lowest BCUT2D eigenvalue weighted by Crippen LogP contribution is -2.38. The number of nitrogens with one attached hydrogen (secondary N) is 1. The fourth-order valence-electron chi connectivity index (χ4n) is 1.76. The first kappa shape index (κ1) is 16.8. The molecule has 23 heavy (non-hydrogen) atoms. The van der Waals surface area contributed by atoms with Crippen LogP contribution in [0.15, 0.2) is 53.7 Å². The van der Waals surface area contributed by atoms with E-state index in [0.717, 1.165) is 3.97 Å². The number of amides is 1. The lowest BCUT2D eigenvalue weighted by atomic mass is 9.92. The van der Waals surface area contributed by atoms with Crippen LogP contribution in [0.2, 0.25) is 0 Å². The van der Waals surface area contributed by atoms with Crippen molar-refractivity contribution in [1.82, 2.24) is 3.97 Å². The van der Waals surface area contributed by atoms with Gasteiger partial charge in [-0.2, -0.15) is 0 Å². The molecule has 0 unspecified atom stereocenters. The van der Waals surface area contributed by atoms with E-state index < -0.39 is 27.3 Å². The third-order valence-corrected chi connectivity index (χ3v) is 5.08. The van der Waals surface area contributed by atoms with E-state index in [4.69, 9.17) is 5.11 Å². The third-order valence-electron chi connectivity index (χ3n) is 3.37. The van der Waals surface area contributed by atoms with Crippen LogP contribution in [0, 0.1) is 5.41 Å². The van der Waals surface area contributed by atoms with Crippen LogP contribution >= 0.6 is 0 Å². The van der Waals surface area contributed by atoms with Gasteiger partial charge in [0.05, 0.1) is 5.69 Å². The van der Waals surface area contributed by atoms with Crippen molar-refractivity contribution < 1.29 is 23.1 Å². The first-order valence-electron chi connectivity index (χ1n) is 6.70. The van der Waals surface area contributed by atoms with Crippen molar-refractivity contribution in [2.45, 2.75) is 18.7 Å². The average Bonchev–Trinajstić information content (AvgIpc) is 3.02. The number of carboxylic acid groups (broad SMARTS) is 1. The van der Waals surface area contributed by atoms with Crippen LogP contribution < -0.4 is 5.32 Å². The van der Waals surface area contributed by atoms with E-state index in [1.807, 2.05) is 0 Å². The summed E-state index contributed by atoms with van der Waals surface area (Å²) in [5.41, 5.74) is -1.66. The summed E-state index contributed by atoms with van der Waals surface area (Å²) in [5, 5.41) is 11.5. The molecule has 0 spiro atoms. The van der Waals surface area contributed by atoms with Crippen molar-refractivity contribution in [2.24, 2.45) is 5.41 Å². The normalized spacial score (nSPS) is 11.9. The van der Waals surface area contributed by atoms with Crippen LogP contribution in [0.25, 0.3) is 0 Å². The Bertz CT molecular complexity index is 839. The molecule has 0 radical (unpaired) electrons. The second-order valence-electron chi connectivity index (χ2n) is 5.40. The highest BCUT2D eigenvalue weighted by atomic mass is 32.2. The standard InChI is InChI=1S/C15H16N2O5S/c1-15(2,14(19)20)13(18)16-11-7-3-4-8-12(11)23(21,22)17-9-5-6-10-17/h3-10H,1-2H3,(H,16,18)(H,19,20). The van der Waals surface area contributed by atoms with Gasteiger partial charge in [-0.3, -0.25) is 9.59 Å². The Morgan fingerprint density at radius 1 is 1.09 bits per heavy atom. The SMILES string of the molecule is CC(C)(C(=O)O)C(=O)Nc1ccccc1S(=O)(=O)n1cccc1. The highest BCUT2D eigenvalue weighted by Crippen LogP contribution is 2.26. The minimum Gasteiger partial charge on any atom is -0.480 e. The Morgan fingerprint density at radius 2 is 1.65 bits per heavy atom. The number of anilines is 1. The predicted octanol–water partition coefficient (Wildman–Crippen LogP) is 1.77. The fourth-order valence-corrected chi connectivity index (χ4v) is 3.10. The van der Waals surface area contributed by atoms with E-state index in [-0.39, 0.29) is 10.6 Å². The van der Waals surface area contributed by atoms with E-state index in [2.05, 4.69) is 5.32 Å². The van der Waals surface area contributed by atoms with Gasteiger partial charge in [0.2, 0.25) is 5.91 Å². The maximum absolute atomic E-state index is 12.6. The summed E-state index contributed by atoms with van der Waals surface area (Å²) < 4.78 is 26.2. The fraction of sp³-hybridized carbons (Fsp3) is 0.200. The van der Waals surface area contributed by atoms with Gasteiger partial charge in [0.15, 0.2) is 0 Å². The lowest BCUT2D eigenvalue weighted by molar-refractivity contribution is -0.151. The first-order chi connectivity index (χ1) is 10.7. The molecule has 1 aromatic heterocycles. The molecule has 1 heterocycles. The molecule has 122 valence electrons. The summed E-state index contributed by atoms with van der Waals surface area (Å²) >= 11 is 0. The molecule has 2 aromatic rings. The van der Waals surface area contributed by atoms with Gasteiger partial charge in [-0.15, -0.1) is 0 Å². The number of benzene rings is 1. The van der Waals surface area contributed by atoms with Crippen LogP contribution in [0.1, 0.15) is 13.8 Å². The Morgan fingerprint density at radius 3 is 2.22 bits per heavy atom. The molecule has 1 aromatic carbocycles. The van der Waals surface area contributed by atoms with Crippen molar-refractivity contribution in [1.29, 1.82) is 0 Å². The topological polar surface area (TPSA) is 105 Å². The Hall–Kier alpha value is -2.61. The van der Waals surface area contributed by atoms with Crippen LogP contribution in [0.4, 0.5) is 5.69 Å². The summed E-state index contributed by atoms with van der Waals surface area (Å²) in [5.74, 6) is -2.11. The number of carbonyl (C=O) groups excluding carboxylic acids is 1. The molecule has 0 bridgehead atoms. The maximum atomic E-state index is 12.6. The van der Waals surface area contributed by atoms with Crippen molar-refractivity contribution >= 4 is 27.6 Å². The highest BCUT2D eigenvalue weighted by molar-refractivity contribution is 7.90. The molecule has 2 rings (SSSR count). The Labute approximate surface area is 133 Å². The number of aromatic nitrogens is 1. The van der Waals surface area contributed by atoms with E-state index in [0.29, 0.717) is 0 Å².